The number of hydrogen-bond donors (Lipinski definition) is 0. The van der Waals surface area contributed by atoms with Crippen molar-refractivity contribution in [1.29, 1.82) is 0 Å². The van der Waals surface area contributed by atoms with Crippen molar-refractivity contribution in [2.45, 2.75) is 30.9 Å². The molecule has 0 aliphatic carbocycles. The molecule has 150 valence electrons. The fourth-order valence-electron chi connectivity index (χ4n) is 2.52. The van der Waals surface area contributed by atoms with E-state index in [-0.39, 0.29) is 37.3 Å². The third-order valence-corrected chi connectivity index (χ3v) is 6.18. The van der Waals surface area contributed by atoms with E-state index in [2.05, 4.69) is 15.9 Å². The van der Waals surface area contributed by atoms with Crippen molar-refractivity contribution in [3.63, 3.8) is 0 Å². The number of halogens is 11. The van der Waals surface area contributed by atoms with E-state index in [9.17, 15) is 39.5 Å². The van der Waals surface area contributed by atoms with Crippen molar-refractivity contribution in [3.8, 4) is 10.4 Å². The van der Waals surface area contributed by atoms with Crippen LogP contribution in [-0.4, -0.2) is 18.5 Å². The molecule has 0 aliphatic rings. The number of aryl methyl sites for hydroxylation is 1. The van der Waals surface area contributed by atoms with Gasteiger partial charge in [0.2, 0.25) is 0 Å². The molecule has 0 aliphatic heterocycles. The zero-order valence-electron chi connectivity index (χ0n) is 12.9. The fourth-order valence-corrected chi connectivity index (χ4v) is 4.98. The molecule has 1 aromatic carbocycles. The van der Waals surface area contributed by atoms with Gasteiger partial charge >= 0.3 is 18.5 Å². The van der Waals surface area contributed by atoms with Crippen molar-refractivity contribution < 1.29 is 39.5 Å². The average Bonchev–Trinajstić information content (AvgIpc) is 2.75. The first-order valence-electron chi connectivity index (χ1n) is 6.80. The van der Waals surface area contributed by atoms with Crippen molar-refractivity contribution in [2.75, 3.05) is 0 Å². The Kier molecular flexibility index (Phi) is 5.66. The maximum atomic E-state index is 13.3. The summed E-state index contributed by atoms with van der Waals surface area (Å²) in [5, 5.41) is 0.249. The van der Waals surface area contributed by atoms with Crippen LogP contribution in [0.4, 0.5) is 39.5 Å². The zero-order valence-corrected chi connectivity index (χ0v) is 16.0. The highest BCUT2D eigenvalue weighted by Crippen LogP contribution is 2.62. The third kappa shape index (κ3) is 3.57. The number of thiophene rings is 1. The van der Waals surface area contributed by atoms with E-state index in [0.717, 1.165) is 0 Å². The van der Waals surface area contributed by atoms with Crippen molar-refractivity contribution in [3.05, 3.63) is 44.2 Å². The Balaban J connectivity index is 2.84. The van der Waals surface area contributed by atoms with Gasteiger partial charge in [-0.3, -0.25) is 0 Å². The maximum absolute atomic E-state index is 13.3. The molecule has 0 radical (unpaired) electrons. The molecule has 1 heterocycles. The second-order valence-corrected chi connectivity index (χ2v) is 7.83. The van der Waals surface area contributed by atoms with Crippen LogP contribution in [0.15, 0.2) is 28.7 Å². The third-order valence-electron chi connectivity index (χ3n) is 3.77. The highest BCUT2D eigenvalue weighted by Gasteiger charge is 2.85. The Morgan fingerprint density at radius 3 is 1.74 bits per heavy atom. The van der Waals surface area contributed by atoms with E-state index >= 15 is 0 Å². The summed E-state index contributed by atoms with van der Waals surface area (Å²) in [7, 11) is 0. The first kappa shape index (κ1) is 22.4. The Morgan fingerprint density at radius 2 is 1.33 bits per heavy atom. The molecule has 0 spiro atoms. The first-order chi connectivity index (χ1) is 12.0. The Labute approximate surface area is 164 Å². The molecule has 2 rings (SSSR count). The van der Waals surface area contributed by atoms with Crippen LogP contribution in [-0.2, 0) is 5.41 Å². The minimum absolute atomic E-state index is 0.156. The highest BCUT2D eigenvalue weighted by atomic mass is 79.9. The monoisotopic (exact) mass is 504 g/mol. The van der Waals surface area contributed by atoms with Gasteiger partial charge in [-0.2, -0.15) is 39.5 Å². The minimum atomic E-state index is -6.65. The fraction of sp³-hybridized carbons (Fsp3) is 0.333. The predicted molar refractivity (Wildman–Crippen MR) is 87.0 cm³/mol. The van der Waals surface area contributed by atoms with Gasteiger partial charge in [-0.05, 0) is 52.2 Å². The lowest BCUT2D eigenvalue weighted by molar-refractivity contribution is -0.386. The topological polar surface area (TPSA) is 0 Å². The smallest absolute Gasteiger partial charge is 0.169 e. The van der Waals surface area contributed by atoms with E-state index in [1.54, 1.807) is 0 Å². The van der Waals surface area contributed by atoms with E-state index in [0.29, 0.717) is 5.56 Å². The lowest BCUT2D eigenvalue weighted by Gasteiger charge is -2.37. The number of benzene rings is 1. The SMILES string of the molecule is Cc1cc(Cl)ccc1-c1sc(C(C(F)(F)F)(C(F)(F)F)C(F)(F)F)cc1Br. The van der Waals surface area contributed by atoms with Crippen LogP contribution in [0.5, 0.6) is 0 Å². The molecular formula is C15H7BrClF9S. The summed E-state index contributed by atoms with van der Waals surface area (Å²) in [5.41, 5.74) is -5.48. The average molecular weight is 506 g/mol. The second-order valence-electron chi connectivity index (χ2n) is 5.49. The van der Waals surface area contributed by atoms with E-state index in [1.807, 2.05) is 0 Å². The molecule has 0 saturated carbocycles. The number of rotatable bonds is 2. The Hall–Kier alpha value is -0.940. The first-order valence-corrected chi connectivity index (χ1v) is 8.79. The molecular weight excluding hydrogens is 499 g/mol. The van der Waals surface area contributed by atoms with Crippen LogP contribution in [0.1, 0.15) is 10.4 Å². The molecule has 12 heteroatoms. The van der Waals surface area contributed by atoms with Gasteiger partial charge in [-0.1, -0.05) is 17.7 Å². The molecule has 0 nitrogen and oxygen atoms in total. The van der Waals surface area contributed by atoms with E-state index in [4.69, 9.17) is 11.6 Å². The van der Waals surface area contributed by atoms with Crippen LogP contribution in [0, 0.1) is 6.92 Å². The quantitative estimate of drug-likeness (QED) is 0.362. The molecule has 0 atom stereocenters. The van der Waals surface area contributed by atoms with Crippen molar-refractivity contribution in [2.24, 2.45) is 0 Å². The van der Waals surface area contributed by atoms with E-state index < -0.39 is 28.8 Å². The van der Waals surface area contributed by atoms with Gasteiger partial charge in [-0.25, -0.2) is 0 Å². The number of alkyl halides is 9. The standard InChI is InChI=1S/C15H7BrClF9S/c1-6-4-7(17)2-3-8(6)11-9(16)5-10(27-11)12(13(18,19)20,14(21,22)23)15(24,25)26/h2-5H,1H3. The lowest BCUT2D eigenvalue weighted by Crippen LogP contribution is -2.62. The van der Waals surface area contributed by atoms with Gasteiger partial charge < -0.3 is 0 Å². The van der Waals surface area contributed by atoms with Crippen molar-refractivity contribution >= 4 is 38.9 Å². The minimum Gasteiger partial charge on any atom is -0.169 e. The lowest BCUT2D eigenvalue weighted by atomic mass is 9.83. The summed E-state index contributed by atoms with van der Waals surface area (Å²) in [6, 6.07) is 4.21. The maximum Gasteiger partial charge on any atom is 0.417 e. The molecule has 27 heavy (non-hydrogen) atoms. The Bertz CT molecular complexity index is 812. The van der Waals surface area contributed by atoms with Crippen LogP contribution in [0.25, 0.3) is 10.4 Å². The summed E-state index contributed by atoms with van der Waals surface area (Å²) in [5.74, 6) is 0. The molecule has 0 bridgehead atoms. The Morgan fingerprint density at radius 1 is 0.852 bits per heavy atom. The summed E-state index contributed by atoms with van der Waals surface area (Å²) in [6.07, 6.45) is -20.0. The van der Waals surface area contributed by atoms with Crippen LogP contribution < -0.4 is 0 Å². The summed E-state index contributed by atoms with van der Waals surface area (Å²) in [4.78, 5) is -2.13. The van der Waals surface area contributed by atoms with Crippen LogP contribution in [0.3, 0.4) is 0 Å². The molecule has 0 unspecified atom stereocenters. The zero-order chi connectivity index (χ0) is 21.0. The van der Waals surface area contributed by atoms with Crippen LogP contribution in [0.2, 0.25) is 5.02 Å². The molecule has 0 fully saturated rings. The normalized spacial score (nSPS) is 13.9. The largest absolute Gasteiger partial charge is 0.417 e. The van der Waals surface area contributed by atoms with Gasteiger partial charge in [0.25, 0.3) is 5.41 Å². The summed E-state index contributed by atoms with van der Waals surface area (Å²) < 4.78 is 119. The van der Waals surface area contributed by atoms with Gasteiger partial charge in [0.1, 0.15) is 0 Å². The summed E-state index contributed by atoms with van der Waals surface area (Å²) in [6.45, 7) is 1.47. The predicted octanol–water partition coefficient (Wildman–Crippen LogP) is 8.06. The van der Waals surface area contributed by atoms with Crippen molar-refractivity contribution in [1.82, 2.24) is 0 Å². The molecule has 2 aromatic rings. The molecule has 0 amide bonds. The van der Waals surface area contributed by atoms with Gasteiger partial charge in [0, 0.05) is 19.2 Å². The second kappa shape index (κ2) is 6.84. The van der Waals surface area contributed by atoms with Gasteiger partial charge in [-0.15, -0.1) is 11.3 Å². The molecule has 1 aromatic heterocycles. The van der Waals surface area contributed by atoms with Gasteiger partial charge in [0.15, 0.2) is 0 Å². The highest BCUT2D eigenvalue weighted by molar-refractivity contribution is 9.10. The number of hydrogen-bond acceptors (Lipinski definition) is 1. The van der Waals surface area contributed by atoms with Crippen LogP contribution >= 0.6 is 38.9 Å². The summed E-state index contributed by atoms with van der Waals surface area (Å²) >= 11 is 8.29. The molecule has 0 N–H and O–H groups in total. The van der Waals surface area contributed by atoms with E-state index in [1.165, 1.54) is 25.1 Å². The molecule has 0 saturated heterocycles. The van der Waals surface area contributed by atoms with Gasteiger partial charge in [0.05, 0.1) is 0 Å².